The van der Waals surface area contributed by atoms with Crippen molar-refractivity contribution in [2.45, 2.75) is 201 Å². The molecule has 0 bridgehead atoms. The van der Waals surface area contributed by atoms with Gasteiger partial charge >= 0.3 is 5.97 Å². The lowest BCUT2D eigenvalue weighted by Crippen LogP contribution is -2.62. The number of primary amides is 2. The number of carboxylic acid groups (broad SMARTS) is 1. The normalized spacial score (nSPS) is 15.7. The molecule has 75 heavy (non-hydrogen) atoms. The molecular formula is C49H90N14O12. The maximum absolute atomic E-state index is 14.4. The Kier molecular flexibility index (Phi) is 31.7. The van der Waals surface area contributed by atoms with Crippen LogP contribution in [0.4, 0.5) is 0 Å². The number of nitrogens with two attached hydrogens (primary N) is 5. The average Bonchev–Trinajstić information content (AvgIpc) is 3.30. The number of carbonyl (C=O) groups is 11. The van der Waals surface area contributed by atoms with Crippen LogP contribution in [0.3, 0.4) is 0 Å². The molecule has 0 aromatic heterocycles. The van der Waals surface area contributed by atoms with Crippen LogP contribution in [0.1, 0.15) is 147 Å². The SMILES string of the molecule is CC[C@H](C)[C@H](NC(=O)[C@H](CCCN=C(N)N)NC(=O)[C@@H](NC(=O)[C@H](CC(C)C)NC(=O)[C@H](C)N)[C@@H](C)CC)C(=O)N[C@@H](CC(C)C)C(=O)N[C@@H](CCC(N)=O)C(=O)N[C@@H](CCC(N)=O)C(=O)N[C@@H](CC(C)C)C(=O)O. The van der Waals surface area contributed by atoms with E-state index in [0.29, 0.717) is 12.8 Å². The molecule has 0 aromatic rings. The Labute approximate surface area is 441 Å². The molecule has 0 saturated carbocycles. The zero-order valence-electron chi connectivity index (χ0n) is 45.8. The lowest BCUT2D eigenvalue weighted by molar-refractivity contribution is -0.143. The maximum atomic E-state index is 14.4. The second kappa shape index (κ2) is 34.8. The molecule has 0 rings (SSSR count). The summed E-state index contributed by atoms with van der Waals surface area (Å²) in [6.45, 7) is 19.2. The van der Waals surface area contributed by atoms with Gasteiger partial charge in [0.25, 0.3) is 0 Å². The predicted octanol–water partition coefficient (Wildman–Crippen LogP) is -1.89. The maximum Gasteiger partial charge on any atom is 0.326 e. The van der Waals surface area contributed by atoms with Crippen molar-refractivity contribution in [1.82, 2.24) is 42.5 Å². The van der Waals surface area contributed by atoms with Crippen molar-refractivity contribution >= 4 is 71.0 Å². The molecule has 0 aliphatic rings. The quantitative estimate of drug-likeness (QED) is 0.0184. The van der Waals surface area contributed by atoms with Crippen molar-refractivity contribution < 1.29 is 57.8 Å². The largest absolute Gasteiger partial charge is 0.480 e. The molecule has 10 amide bonds. The minimum atomic E-state index is -1.56. The number of rotatable bonds is 37. The van der Waals surface area contributed by atoms with Crippen LogP contribution in [0.5, 0.6) is 0 Å². The fourth-order valence-electron chi connectivity index (χ4n) is 7.54. The van der Waals surface area contributed by atoms with Gasteiger partial charge < -0.3 is 76.3 Å². The Morgan fingerprint density at radius 2 is 0.733 bits per heavy atom. The third-order valence-corrected chi connectivity index (χ3v) is 12.2. The van der Waals surface area contributed by atoms with E-state index in [1.54, 1.807) is 55.4 Å². The Morgan fingerprint density at radius 1 is 0.427 bits per heavy atom. The fraction of sp³-hybridized carbons (Fsp3) is 0.755. The first-order valence-electron chi connectivity index (χ1n) is 25.9. The summed E-state index contributed by atoms with van der Waals surface area (Å²) < 4.78 is 0. The number of amides is 10. The molecule has 11 atom stereocenters. The van der Waals surface area contributed by atoms with Gasteiger partial charge in [-0.3, -0.25) is 52.9 Å². The molecule has 0 aliphatic heterocycles. The first-order chi connectivity index (χ1) is 34.8. The van der Waals surface area contributed by atoms with Gasteiger partial charge in [-0.15, -0.1) is 0 Å². The number of aliphatic imine (C=N–C) groups is 1. The molecule has 0 aromatic carbocycles. The molecule has 26 heteroatoms. The van der Waals surface area contributed by atoms with Gasteiger partial charge in [-0.05, 0) is 81.5 Å². The minimum absolute atomic E-state index is 0.00186. The Hall–Kier alpha value is -6.60. The second-order valence-electron chi connectivity index (χ2n) is 20.6. The van der Waals surface area contributed by atoms with Gasteiger partial charge in [-0.25, -0.2) is 4.79 Å². The number of hydrogen-bond acceptors (Lipinski definition) is 13. The number of hydrogen-bond donors (Lipinski definition) is 14. The summed E-state index contributed by atoms with van der Waals surface area (Å²) in [7, 11) is 0. The topological polar surface area (TPSA) is 447 Å². The van der Waals surface area contributed by atoms with Crippen molar-refractivity contribution in [2.24, 2.45) is 63.3 Å². The predicted molar refractivity (Wildman–Crippen MR) is 281 cm³/mol. The van der Waals surface area contributed by atoms with Crippen LogP contribution in [0, 0.1) is 29.6 Å². The first-order valence-corrected chi connectivity index (χ1v) is 25.9. The van der Waals surface area contributed by atoms with Crippen LogP contribution in [-0.4, -0.2) is 137 Å². The van der Waals surface area contributed by atoms with Crippen LogP contribution in [0.2, 0.25) is 0 Å². The van der Waals surface area contributed by atoms with Gasteiger partial charge in [-0.1, -0.05) is 82.1 Å². The standard InChI is InChI=1S/C49H90N14O12/c1-12-27(9)38(63-45(71)34(22-25(5)6)59-40(66)29(11)50)46(72)58-30(15-14-20-55-49(53)54)43(69)62-39(28(10)13-2)47(73)60-33(21-24(3)4)44(70)57-31(16-18-36(51)64)41(67)56-32(17-19-37(52)65)42(68)61-35(48(74)75)23-26(7)8/h24-35,38-39H,12-23,50H2,1-11H3,(H2,51,64)(H2,52,65)(H,56,67)(H,57,70)(H,58,72)(H,59,66)(H,60,73)(H,61,68)(H,62,69)(H,63,71)(H,74,75)(H4,53,54,55)/t27-,28-,29-,30-,31-,32-,33-,34-,35-,38-,39-/m0/s1. The summed E-state index contributed by atoms with van der Waals surface area (Å²) in [6, 6.07) is -11.6. The third kappa shape index (κ3) is 27.5. The first kappa shape index (κ1) is 68.4. The van der Waals surface area contributed by atoms with Gasteiger partial charge in [0.05, 0.1) is 6.04 Å². The van der Waals surface area contributed by atoms with E-state index in [1.165, 1.54) is 6.92 Å². The number of carbonyl (C=O) groups excluding carboxylic acids is 10. The highest BCUT2D eigenvalue weighted by Gasteiger charge is 2.37. The molecule has 26 nitrogen and oxygen atoms in total. The van der Waals surface area contributed by atoms with E-state index in [9.17, 15) is 57.8 Å². The number of carboxylic acids is 1. The molecule has 0 unspecified atom stereocenters. The molecule has 0 spiro atoms. The van der Waals surface area contributed by atoms with Crippen LogP contribution in [-0.2, 0) is 52.7 Å². The molecule has 19 N–H and O–H groups in total. The van der Waals surface area contributed by atoms with E-state index in [4.69, 9.17) is 28.7 Å². The molecular weight excluding hydrogens is 977 g/mol. The van der Waals surface area contributed by atoms with E-state index in [0.717, 1.165) is 0 Å². The molecule has 0 saturated heterocycles. The lowest BCUT2D eigenvalue weighted by atomic mass is 9.95. The van der Waals surface area contributed by atoms with Crippen LogP contribution < -0.4 is 71.2 Å². The van der Waals surface area contributed by atoms with E-state index in [-0.39, 0.29) is 75.2 Å². The molecule has 0 radical (unpaired) electrons. The van der Waals surface area contributed by atoms with E-state index < -0.39 is 144 Å². The zero-order chi connectivity index (χ0) is 57.9. The van der Waals surface area contributed by atoms with Crippen LogP contribution in [0.25, 0.3) is 0 Å². The van der Waals surface area contributed by atoms with Gasteiger partial charge in [-0.2, -0.15) is 0 Å². The van der Waals surface area contributed by atoms with Gasteiger partial charge in [0.1, 0.15) is 48.3 Å². The summed E-state index contributed by atoms with van der Waals surface area (Å²) >= 11 is 0. The summed E-state index contributed by atoms with van der Waals surface area (Å²) in [5.41, 5.74) is 27.5. The molecule has 0 heterocycles. The molecule has 0 fully saturated rings. The highest BCUT2D eigenvalue weighted by molar-refractivity contribution is 5.98. The van der Waals surface area contributed by atoms with Crippen molar-refractivity contribution in [3.63, 3.8) is 0 Å². The van der Waals surface area contributed by atoms with Crippen molar-refractivity contribution in [3.8, 4) is 0 Å². The van der Waals surface area contributed by atoms with E-state index in [2.05, 4.69) is 47.5 Å². The Morgan fingerprint density at radius 3 is 1.08 bits per heavy atom. The molecule has 428 valence electrons. The highest BCUT2D eigenvalue weighted by Crippen LogP contribution is 2.16. The fourth-order valence-corrected chi connectivity index (χ4v) is 7.54. The summed E-state index contributed by atoms with van der Waals surface area (Å²) in [6.07, 6.45) is -0.388. The van der Waals surface area contributed by atoms with E-state index in [1.807, 2.05) is 13.8 Å². The summed E-state index contributed by atoms with van der Waals surface area (Å²) in [5, 5.41) is 30.6. The van der Waals surface area contributed by atoms with Crippen LogP contribution >= 0.6 is 0 Å². The van der Waals surface area contributed by atoms with Crippen LogP contribution in [0.15, 0.2) is 4.99 Å². The Balaban J connectivity index is 6.97. The average molecular weight is 1070 g/mol. The summed E-state index contributed by atoms with van der Waals surface area (Å²) in [4.78, 5) is 150. The number of guanidine groups is 1. The van der Waals surface area contributed by atoms with Gasteiger partial charge in [0.2, 0.25) is 59.1 Å². The van der Waals surface area contributed by atoms with Gasteiger partial charge in [0.15, 0.2) is 5.96 Å². The third-order valence-electron chi connectivity index (χ3n) is 12.2. The number of nitrogens with zero attached hydrogens (tertiary/aromatic N) is 1. The van der Waals surface area contributed by atoms with Crippen molar-refractivity contribution in [3.05, 3.63) is 0 Å². The van der Waals surface area contributed by atoms with Gasteiger partial charge in [0, 0.05) is 19.4 Å². The minimum Gasteiger partial charge on any atom is -0.480 e. The highest BCUT2D eigenvalue weighted by atomic mass is 16.4. The Bertz CT molecular complexity index is 1960. The lowest BCUT2D eigenvalue weighted by Gasteiger charge is -2.31. The number of nitrogens with one attached hydrogen (secondary N) is 8. The van der Waals surface area contributed by atoms with Crippen molar-refractivity contribution in [1.29, 1.82) is 0 Å². The van der Waals surface area contributed by atoms with Crippen molar-refractivity contribution in [2.75, 3.05) is 6.54 Å². The monoisotopic (exact) mass is 1070 g/mol. The smallest absolute Gasteiger partial charge is 0.326 e. The number of aliphatic carboxylic acids is 1. The second-order valence-corrected chi connectivity index (χ2v) is 20.6. The summed E-state index contributed by atoms with van der Waals surface area (Å²) in [5.74, 6) is -11.1. The van der Waals surface area contributed by atoms with E-state index >= 15 is 0 Å². The zero-order valence-corrected chi connectivity index (χ0v) is 45.8. The molecule has 0 aliphatic carbocycles.